The van der Waals surface area contributed by atoms with E-state index in [2.05, 4.69) is 24.9 Å². The molecule has 0 aliphatic heterocycles. The van der Waals surface area contributed by atoms with Crippen molar-refractivity contribution in [1.29, 1.82) is 0 Å². The smallest absolute Gasteiger partial charge is 0.332 e. The van der Waals surface area contributed by atoms with Gasteiger partial charge in [0, 0.05) is 21.0 Å². The van der Waals surface area contributed by atoms with Gasteiger partial charge in [-0.3, -0.25) is 0 Å². The van der Waals surface area contributed by atoms with E-state index in [1.165, 1.54) is 6.92 Å². The molecule has 0 aliphatic carbocycles. The molecule has 2 N–H and O–H groups in total. The van der Waals surface area contributed by atoms with Gasteiger partial charge in [-0.2, -0.15) is 0 Å². The van der Waals surface area contributed by atoms with Crippen molar-refractivity contribution in [3.05, 3.63) is 5.69 Å². The Labute approximate surface area is 85.6 Å². The van der Waals surface area contributed by atoms with Crippen LogP contribution in [-0.4, -0.2) is 41.1 Å². The lowest BCUT2D eigenvalue weighted by Crippen LogP contribution is -2.25. The number of hydrogen-bond donors (Lipinski definition) is 1. The average molecular weight is 213 g/mol. The van der Waals surface area contributed by atoms with Crippen molar-refractivity contribution in [3.8, 4) is 0 Å². The number of anilines is 1. The third-order valence-electron chi connectivity index (χ3n) is 1.41. The minimum atomic E-state index is -0.538. The fourth-order valence-electron chi connectivity index (χ4n) is 0.795. The number of aromatic nitrogens is 2. The van der Waals surface area contributed by atoms with Crippen LogP contribution in [0.1, 0.15) is 12.6 Å². The standard InChI is InChI=1S/C7H11N5O3/c1-4(13)14-11-7(12(2)3)5-6(8)10-15-9-5/h1-3H3,(H2,8,10)/b11-7+. The van der Waals surface area contributed by atoms with Crippen LogP contribution in [0.4, 0.5) is 5.82 Å². The van der Waals surface area contributed by atoms with E-state index in [1.54, 1.807) is 19.0 Å². The first-order valence-electron chi connectivity index (χ1n) is 4.03. The van der Waals surface area contributed by atoms with Crippen molar-refractivity contribution in [1.82, 2.24) is 15.2 Å². The quantitative estimate of drug-likeness (QED) is 0.303. The predicted molar refractivity (Wildman–Crippen MR) is 50.7 cm³/mol. The van der Waals surface area contributed by atoms with Crippen LogP contribution in [0.15, 0.2) is 9.78 Å². The lowest BCUT2D eigenvalue weighted by atomic mass is 10.4. The molecule has 1 rings (SSSR count). The minimum absolute atomic E-state index is 0.0783. The first-order chi connectivity index (χ1) is 7.02. The van der Waals surface area contributed by atoms with Gasteiger partial charge in [-0.25, -0.2) is 9.42 Å². The molecule has 0 aromatic carbocycles. The number of oxime groups is 1. The van der Waals surface area contributed by atoms with Crippen LogP contribution >= 0.6 is 0 Å². The lowest BCUT2D eigenvalue weighted by Gasteiger charge is -2.11. The van der Waals surface area contributed by atoms with Crippen LogP contribution in [0, 0.1) is 0 Å². The van der Waals surface area contributed by atoms with Crippen molar-refractivity contribution < 1.29 is 14.3 Å². The highest BCUT2D eigenvalue weighted by Crippen LogP contribution is 2.07. The van der Waals surface area contributed by atoms with E-state index in [-0.39, 0.29) is 17.3 Å². The molecule has 0 spiro atoms. The van der Waals surface area contributed by atoms with Gasteiger partial charge in [0.1, 0.15) is 0 Å². The molecular formula is C7H11N5O3. The molecule has 0 aliphatic rings. The van der Waals surface area contributed by atoms with Crippen LogP contribution in [0.2, 0.25) is 0 Å². The summed E-state index contributed by atoms with van der Waals surface area (Å²) < 4.78 is 4.41. The van der Waals surface area contributed by atoms with Crippen LogP contribution in [0.25, 0.3) is 0 Å². The molecule has 0 saturated heterocycles. The number of nitrogens with zero attached hydrogens (tertiary/aromatic N) is 4. The monoisotopic (exact) mass is 213 g/mol. The van der Waals surface area contributed by atoms with Crippen molar-refractivity contribution >= 4 is 17.6 Å². The van der Waals surface area contributed by atoms with Gasteiger partial charge in [0.15, 0.2) is 11.5 Å². The summed E-state index contributed by atoms with van der Waals surface area (Å²) in [6.07, 6.45) is 0. The fraction of sp³-hybridized carbons (Fsp3) is 0.429. The van der Waals surface area contributed by atoms with Gasteiger partial charge >= 0.3 is 5.97 Å². The van der Waals surface area contributed by atoms with E-state index in [1.807, 2.05) is 0 Å². The Balaban J connectivity index is 2.98. The zero-order valence-electron chi connectivity index (χ0n) is 8.59. The Morgan fingerprint density at radius 1 is 1.53 bits per heavy atom. The number of nitrogen functional groups attached to an aromatic ring is 1. The van der Waals surface area contributed by atoms with E-state index in [0.29, 0.717) is 0 Å². The molecule has 0 amide bonds. The second-order valence-corrected chi connectivity index (χ2v) is 2.89. The van der Waals surface area contributed by atoms with Crippen LogP contribution in [0.3, 0.4) is 0 Å². The third kappa shape index (κ3) is 2.66. The van der Waals surface area contributed by atoms with Crippen molar-refractivity contribution in [2.24, 2.45) is 5.16 Å². The molecule has 0 atom stereocenters. The molecule has 1 aromatic rings. The summed E-state index contributed by atoms with van der Waals surface area (Å²) in [5.41, 5.74) is 5.69. The number of amidine groups is 1. The first-order valence-corrected chi connectivity index (χ1v) is 4.03. The second-order valence-electron chi connectivity index (χ2n) is 2.89. The molecule has 8 nitrogen and oxygen atoms in total. The zero-order valence-corrected chi connectivity index (χ0v) is 8.59. The summed E-state index contributed by atoms with van der Waals surface area (Å²) >= 11 is 0. The zero-order chi connectivity index (χ0) is 11.4. The molecule has 0 unspecified atom stereocenters. The van der Waals surface area contributed by atoms with Gasteiger partial charge in [-0.15, -0.1) is 0 Å². The van der Waals surface area contributed by atoms with E-state index < -0.39 is 5.97 Å². The molecule has 1 heterocycles. The van der Waals surface area contributed by atoms with Crippen molar-refractivity contribution in [2.45, 2.75) is 6.92 Å². The average Bonchev–Trinajstić information content (AvgIpc) is 2.51. The highest BCUT2D eigenvalue weighted by atomic mass is 16.7. The van der Waals surface area contributed by atoms with Crippen molar-refractivity contribution in [2.75, 3.05) is 19.8 Å². The summed E-state index contributed by atoms with van der Waals surface area (Å²) in [5, 5.41) is 10.5. The lowest BCUT2D eigenvalue weighted by molar-refractivity contribution is -0.141. The molecule has 8 heteroatoms. The molecule has 82 valence electrons. The van der Waals surface area contributed by atoms with E-state index >= 15 is 0 Å². The third-order valence-corrected chi connectivity index (χ3v) is 1.41. The molecule has 0 saturated carbocycles. The number of rotatable bonds is 2. The SMILES string of the molecule is CC(=O)O/N=C(\c1nonc1N)N(C)C. The molecule has 0 fully saturated rings. The van der Waals surface area contributed by atoms with Gasteiger partial charge in [-0.05, 0) is 10.3 Å². The van der Waals surface area contributed by atoms with Gasteiger partial charge in [0.05, 0.1) is 0 Å². The topological polar surface area (TPSA) is 107 Å². The summed E-state index contributed by atoms with van der Waals surface area (Å²) in [4.78, 5) is 16.6. The van der Waals surface area contributed by atoms with Crippen LogP contribution in [0.5, 0.6) is 0 Å². The first kappa shape index (κ1) is 11.0. The number of hydrogen-bond acceptors (Lipinski definition) is 7. The van der Waals surface area contributed by atoms with Gasteiger partial charge < -0.3 is 15.5 Å². The van der Waals surface area contributed by atoms with E-state index in [4.69, 9.17) is 5.73 Å². The maximum Gasteiger partial charge on any atom is 0.332 e. The predicted octanol–water partition coefficient (Wildman–Crippen LogP) is -0.562. The maximum atomic E-state index is 10.6. The molecule has 0 radical (unpaired) electrons. The molecule has 0 bridgehead atoms. The normalized spacial score (nSPS) is 11.3. The number of carbonyl (C=O) groups is 1. The summed E-state index contributed by atoms with van der Waals surface area (Å²) in [6, 6.07) is 0. The van der Waals surface area contributed by atoms with E-state index in [0.717, 1.165) is 0 Å². The summed E-state index contributed by atoms with van der Waals surface area (Å²) in [6.45, 7) is 1.24. The Morgan fingerprint density at radius 2 is 2.20 bits per heavy atom. The van der Waals surface area contributed by atoms with Crippen LogP contribution in [-0.2, 0) is 9.63 Å². The molecule has 1 aromatic heterocycles. The highest BCUT2D eigenvalue weighted by Gasteiger charge is 2.17. The Hall–Kier alpha value is -2.12. The van der Waals surface area contributed by atoms with Crippen molar-refractivity contribution in [3.63, 3.8) is 0 Å². The second kappa shape index (κ2) is 4.40. The molecule has 15 heavy (non-hydrogen) atoms. The molecular weight excluding hydrogens is 202 g/mol. The maximum absolute atomic E-state index is 10.6. The Bertz CT molecular complexity index is 384. The van der Waals surface area contributed by atoms with E-state index in [9.17, 15) is 4.79 Å². The fourth-order valence-corrected chi connectivity index (χ4v) is 0.795. The minimum Gasteiger partial charge on any atom is -0.379 e. The largest absolute Gasteiger partial charge is 0.379 e. The van der Waals surface area contributed by atoms with Gasteiger partial charge in [0.2, 0.25) is 5.84 Å². The van der Waals surface area contributed by atoms with Gasteiger partial charge in [-0.1, -0.05) is 5.16 Å². The van der Waals surface area contributed by atoms with Gasteiger partial charge in [0.25, 0.3) is 0 Å². The Morgan fingerprint density at radius 3 is 2.60 bits per heavy atom. The summed E-state index contributed by atoms with van der Waals surface area (Å²) in [5.74, 6) is -0.206. The summed E-state index contributed by atoms with van der Waals surface area (Å²) in [7, 11) is 3.38. The number of nitrogens with two attached hydrogens (primary N) is 1. The number of carbonyl (C=O) groups excluding carboxylic acids is 1. The Kier molecular flexibility index (Phi) is 3.21. The van der Waals surface area contributed by atoms with Crippen LogP contribution < -0.4 is 5.73 Å². The highest BCUT2D eigenvalue weighted by molar-refractivity contribution is 5.99.